The fourth-order valence-electron chi connectivity index (χ4n) is 0.667. The first-order chi connectivity index (χ1) is 3.63. The summed E-state index contributed by atoms with van der Waals surface area (Å²) in [6.07, 6.45) is 0. The van der Waals surface area contributed by atoms with Crippen LogP contribution >= 0.6 is 0 Å². The van der Waals surface area contributed by atoms with Gasteiger partial charge in [-0.3, -0.25) is 0 Å². The molecule has 0 nitrogen and oxygen atoms in total. The predicted octanol–water partition coefficient (Wildman–Crippen LogP) is 2.59. The molecule has 0 rings (SSSR count). The van der Waals surface area contributed by atoms with Crippen molar-refractivity contribution >= 4 is 20.4 Å². The average molecular weight is 125 g/mol. The van der Waals surface area contributed by atoms with Gasteiger partial charge in [-0.05, 0) is 0 Å². The first kappa shape index (κ1) is 8.77. The molecule has 0 aliphatic heterocycles. The zero-order valence-electron chi connectivity index (χ0n) is 6.57. The highest BCUT2D eigenvalue weighted by Gasteiger charge is 2.01. The van der Waals surface area contributed by atoms with Crippen LogP contribution in [-0.2, 0) is 0 Å². The van der Waals surface area contributed by atoms with Crippen LogP contribution < -0.4 is 0 Å². The van der Waals surface area contributed by atoms with E-state index in [9.17, 15) is 0 Å². The summed E-state index contributed by atoms with van der Waals surface area (Å²) in [5, 5.41) is 0. The van der Waals surface area contributed by atoms with Gasteiger partial charge in [0.15, 0.2) is 0 Å². The molecule has 0 radical (unpaired) electrons. The van der Waals surface area contributed by atoms with Crippen molar-refractivity contribution in [3.63, 3.8) is 0 Å². The van der Waals surface area contributed by atoms with Crippen LogP contribution in [0.1, 0.15) is 27.7 Å². The third-order valence-electron chi connectivity index (χ3n) is 1.32. The standard InChI is InChI=1S/C4H9.C3H7.Mg/c1-4(2)3;1-3-2;/h4H,1H2,2-3H3;3H,1-2H3;. The van der Waals surface area contributed by atoms with Crippen molar-refractivity contribution in [2.24, 2.45) is 5.92 Å². The molecule has 0 aromatic rings. The van der Waals surface area contributed by atoms with Crippen LogP contribution in [0.25, 0.3) is 0 Å². The Morgan fingerprint density at radius 1 is 1.12 bits per heavy atom. The monoisotopic (exact) mass is 124 g/mol. The summed E-state index contributed by atoms with van der Waals surface area (Å²) in [6.45, 7) is 9.31. The van der Waals surface area contributed by atoms with Crippen molar-refractivity contribution in [1.82, 2.24) is 0 Å². The van der Waals surface area contributed by atoms with E-state index >= 15 is 0 Å². The average Bonchev–Trinajstić information content (AvgIpc) is 1.61. The molecule has 0 bridgehead atoms. The topological polar surface area (TPSA) is 0 Å². The van der Waals surface area contributed by atoms with Gasteiger partial charge in [0.25, 0.3) is 0 Å². The highest BCUT2D eigenvalue weighted by molar-refractivity contribution is 6.37. The van der Waals surface area contributed by atoms with Gasteiger partial charge in [-0.15, -0.1) is 8.60 Å². The Balaban J connectivity index is 2.93. The summed E-state index contributed by atoms with van der Waals surface area (Å²) in [5.74, 6) is 0.948. The third-order valence-corrected chi connectivity index (χ3v) is 3.96. The SMILES string of the molecule is CC(C)[CH2][Mg][CH](C)C. The zero-order valence-corrected chi connectivity index (χ0v) is 7.98. The van der Waals surface area contributed by atoms with Crippen LogP contribution in [0.2, 0.25) is 8.60 Å². The van der Waals surface area contributed by atoms with Gasteiger partial charge in [0.2, 0.25) is 0 Å². The second-order valence-electron chi connectivity index (χ2n) is 3.37. The molecule has 0 aliphatic rings. The lowest BCUT2D eigenvalue weighted by Gasteiger charge is -2.03. The summed E-state index contributed by atoms with van der Waals surface area (Å²) in [7, 11) is 0. The van der Waals surface area contributed by atoms with E-state index in [2.05, 4.69) is 27.7 Å². The third kappa shape index (κ3) is 6.77. The molecule has 0 fully saturated rings. The maximum atomic E-state index is 2.34. The lowest BCUT2D eigenvalue weighted by Crippen LogP contribution is -1.98. The molecule has 0 aliphatic carbocycles. The van der Waals surface area contributed by atoms with Gasteiger partial charge in [0, 0.05) is 0 Å². The Morgan fingerprint density at radius 3 is 1.75 bits per heavy atom. The molecule has 0 amide bonds. The van der Waals surface area contributed by atoms with E-state index in [4.69, 9.17) is 0 Å². The molecule has 8 heavy (non-hydrogen) atoms. The lowest BCUT2D eigenvalue weighted by atomic mass is 10.3. The van der Waals surface area contributed by atoms with E-state index in [0.29, 0.717) is 20.4 Å². The Hall–Kier alpha value is 0.766. The molecule has 0 saturated heterocycles. The predicted molar refractivity (Wildman–Crippen MR) is 40.5 cm³/mol. The van der Waals surface area contributed by atoms with Crippen LogP contribution in [0.3, 0.4) is 0 Å². The van der Waals surface area contributed by atoms with E-state index in [1.807, 2.05) is 0 Å². The van der Waals surface area contributed by atoms with Crippen LogP contribution in [-0.4, -0.2) is 20.4 Å². The molecule has 46 valence electrons. The van der Waals surface area contributed by atoms with E-state index in [0.717, 1.165) is 9.97 Å². The molecular weight excluding hydrogens is 108 g/mol. The number of rotatable bonds is 3. The van der Waals surface area contributed by atoms with E-state index in [-0.39, 0.29) is 0 Å². The van der Waals surface area contributed by atoms with Crippen molar-refractivity contribution in [3.8, 4) is 0 Å². The lowest BCUT2D eigenvalue weighted by molar-refractivity contribution is 0.725. The molecule has 1 heteroatoms. The smallest absolute Gasteiger partial charge is 0.143 e. The molecule has 0 saturated carbocycles. The van der Waals surface area contributed by atoms with Gasteiger partial charge < -0.3 is 0 Å². The molecule has 0 spiro atoms. The Kier molecular flexibility index (Phi) is 5.07. The summed E-state index contributed by atoms with van der Waals surface area (Å²) >= 11 is 0.299. The fourth-order valence-corrected chi connectivity index (χ4v) is 2.00. The van der Waals surface area contributed by atoms with Gasteiger partial charge in [0.1, 0.15) is 0 Å². The van der Waals surface area contributed by atoms with Gasteiger partial charge in [-0.25, -0.2) is 0 Å². The minimum atomic E-state index is 0.299. The van der Waals surface area contributed by atoms with Crippen LogP contribution in [0.15, 0.2) is 0 Å². The second-order valence-corrected chi connectivity index (χ2v) is 6.15. The Labute approximate surface area is 62.8 Å². The highest BCUT2D eigenvalue weighted by atomic mass is 24.5. The fraction of sp³-hybridized carbons (Fsp3) is 1.00. The Morgan fingerprint density at radius 2 is 1.62 bits per heavy atom. The molecular formula is C7H16Mg. The maximum Gasteiger partial charge on any atom is 0.368 e. The van der Waals surface area contributed by atoms with Crippen molar-refractivity contribution in [2.75, 3.05) is 0 Å². The second kappa shape index (κ2) is 4.63. The number of hydrogen-bond donors (Lipinski definition) is 0. The molecule has 0 unspecified atom stereocenters. The first-order valence-electron chi connectivity index (χ1n) is 3.63. The normalized spacial score (nSPS) is 10.2. The molecule has 0 aromatic carbocycles. The summed E-state index contributed by atoms with van der Waals surface area (Å²) in [5.41, 5.74) is 0. The van der Waals surface area contributed by atoms with Gasteiger partial charge in [-0.2, -0.15) is 0 Å². The van der Waals surface area contributed by atoms with Crippen LogP contribution in [0.5, 0.6) is 0 Å². The van der Waals surface area contributed by atoms with E-state index < -0.39 is 0 Å². The van der Waals surface area contributed by atoms with Crippen LogP contribution in [0.4, 0.5) is 0 Å². The zero-order chi connectivity index (χ0) is 6.57. The van der Waals surface area contributed by atoms with Crippen molar-refractivity contribution in [2.45, 2.75) is 36.3 Å². The molecule has 0 heterocycles. The molecule has 0 N–H and O–H groups in total. The summed E-state index contributed by atoms with van der Waals surface area (Å²) in [4.78, 5) is 0. The van der Waals surface area contributed by atoms with Crippen molar-refractivity contribution < 1.29 is 0 Å². The van der Waals surface area contributed by atoms with Crippen molar-refractivity contribution in [1.29, 1.82) is 0 Å². The van der Waals surface area contributed by atoms with Gasteiger partial charge >= 0.3 is 20.4 Å². The summed E-state index contributed by atoms with van der Waals surface area (Å²) < 4.78 is 2.55. The minimum Gasteiger partial charge on any atom is -0.143 e. The Bertz CT molecular complexity index is 40.3. The highest BCUT2D eigenvalue weighted by Crippen LogP contribution is 2.06. The summed E-state index contributed by atoms with van der Waals surface area (Å²) in [6, 6.07) is 0. The van der Waals surface area contributed by atoms with Gasteiger partial charge in [-0.1, -0.05) is 33.6 Å². The van der Waals surface area contributed by atoms with Gasteiger partial charge in [0.05, 0.1) is 0 Å². The maximum absolute atomic E-state index is 2.34. The largest absolute Gasteiger partial charge is 0.368 e. The van der Waals surface area contributed by atoms with Crippen molar-refractivity contribution in [3.05, 3.63) is 0 Å². The van der Waals surface area contributed by atoms with E-state index in [1.54, 1.807) is 0 Å². The minimum absolute atomic E-state index is 0.299. The molecule has 0 aromatic heterocycles. The van der Waals surface area contributed by atoms with Crippen LogP contribution in [0, 0.1) is 5.92 Å². The molecule has 0 atom stereocenters. The quantitative estimate of drug-likeness (QED) is 0.508. The van der Waals surface area contributed by atoms with E-state index in [1.165, 1.54) is 4.55 Å². The number of hydrogen-bond acceptors (Lipinski definition) is 0. The first-order valence-corrected chi connectivity index (χ1v) is 5.44.